The van der Waals surface area contributed by atoms with Gasteiger partial charge in [-0.05, 0) is 18.9 Å². The highest BCUT2D eigenvalue weighted by molar-refractivity contribution is 7.89. The summed E-state index contributed by atoms with van der Waals surface area (Å²) in [6, 6.07) is 3.70. The quantitative estimate of drug-likeness (QED) is 0.596. The average molecular weight is 287 g/mol. The predicted molar refractivity (Wildman–Crippen MR) is 71.3 cm³/mol. The first-order valence-corrected chi connectivity index (χ1v) is 7.28. The molecule has 1 atom stereocenters. The number of sulfonamides is 1. The van der Waals surface area contributed by atoms with Gasteiger partial charge in [0.15, 0.2) is 4.90 Å². The van der Waals surface area contributed by atoms with Crippen LogP contribution in [-0.4, -0.2) is 25.9 Å². The van der Waals surface area contributed by atoms with Crippen molar-refractivity contribution >= 4 is 15.7 Å². The lowest BCUT2D eigenvalue weighted by Crippen LogP contribution is -2.40. The number of benzene rings is 1. The van der Waals surface area contributed by atoms with E-state index in [0.29, 0.717) is 12.0 Å². The molecule has 0 heterocycles. The molecular weight excluding hydrogens is 270 g/mol. The van der Waals surface area contributed by atoms with E-state index < -0.39 is 26.7 Å². The Labute approximate surface area is 112 Å². The van der Waals surface area contributed by atoms with Crippen molar-refractivity contribution in [3.63, 3.8) is 0 Å². The number of nitrogens with one attached hydrogen (secondary N) is 1. The van der Waals surface area contributed by atoms with Gasteiger partial charge in [-0.15, -0.1) is 0 Å². The third-order valence-electron chi connectivity index (χ3n) is 2.76. The van der Waals surface area contributed by atoms with Gasteiger partial charge in [0.05, 0.1) is 4.92 Å². The summed E-state index contributed by atoms with van der Waals surface area (Å²) in [5.74, 6) is 0. The van der Waals surface area contributed by atoms with Crippen LogP contribution < -0.4 is 10.5 Å². The van der Waals surface area contributed by atoms with Gasteiger partial charge in [-0.1, -0.05) is 19.1 Å². The molecule has 0 aliphatic heterocycles. The first-order chi connectivity index (χ1) is 8.83. The Kier molecular flexibility index (Phi) is 4.98. The fourth-order valence-corrected chi connectivity index (χ4v) is 3.44. The van der Waals surface area contributed by atoms with Gasteiger partial charge in [0.2, 0.25) is 10.0 Å². The van der Waals surface area contributed by atoms with Crippen molar-refractivity contribution in [2.24, 2.45) is 5.73 Å². The second kappa shape index (κ2) is 6.09. The standard InChI is InChI=1S/C11H17N3O4S/c1-3-9(7-12)13-19(17,18)11-8(2)5-4-6-10(11)14(15)16/h4-6,9,13H,3,7,12H2,1-2H3. The van der Waals surface area contributed by atoms with Crippen molar-refractivity contribution in [1.82, 2.24) is 4.72 Å². The highest BCUT2D eigenvalue weighted by Crippen LogP contribution is 2.26. The number of rotatable bonds is 6. The van der Waals surface area contributed by atoms with Crippen molar-refractivity contribution in [2.45, 2.75) is 31.2 Å². The van der Waals surface area contributed by atoms with E-state index in [2.05, 4.69) is 4.72 Å². The van der Waals surface area contributed by atoms with Crippen LogP contribution in [0.3, 0.4) is 0 Å². The van der Waals surface area contributed by atoms with Crippen molar-refractivity contribution < 1.29 is 13.3 Å². The zero-order chi connectivity index (χ0) is 14.6. The molecule has 8 heteroatoms. The zero-order valence-corrected chi connectivity index (χ0v) is 11.6. The molecule has 0 spiro atoms. The summed E-state index contributed by atoms with van der Waals surface area (Å²) < 4.78 is 26.9. The third kappa shape index (κ3) is 3.49. The van der Waals surface area contributed by atoms with Crippen molar-refractivity contribution in [3.05, 3.63) is 33.9 Å². The fourth-order valence-electron chi connectivity index (χ4n) is 1.71. The summed E-state index contributed by atoms with van der Waals surface area (Å²) in [6.45, 7) is 3.44. The molecule has 0 fully saturated rings. The third-order valence-corrected chi connectivity index (χ3v) is 4.47. The molecule has 0 radical (unpaired) electrons. The average Bonchev–Trinajstić information content (AvgIpc) is 2.35. The molecule has 3 N–H and O–H groups in total. The number of aryl methyl sites for hydroxylation is 1. The first kappa shape index (κ1) is 15.5. The minimum atomic E-state index is -3.96. The Morgan fingerprint density at radius 2 is 2.11 bits per heavy atom. The highest BCUT2D eigenvalue weighted by Gasteiger charge is 2.29. The molecule has 0 saturated carbocycles. The molecule has 1 aromatic carbocycles. The second-order valence-electron chi connectivity index (χ2n) is 4.14. The Balaban J connectivity index is 3.32. The summed E-state index contributed by atoms with van der Waals surface area (Å²) >= 11 is 0. The summed E-state index contributed by atoms with van der Waals surface area (Å²) in [7, 11) is -3.96. The van der Waals surface area contributed by atoms with Gasteiger partial charge in [-0.2, -0.15) is 0 Å². The van der Waals surface area contributed by atoms with E-state index in [4.69, 9.17) is 5.73 Å². The number of hydrogen-bond donors (Lipinski definition) is 2. The molecule has 19 heavy (non-hydrogen) atoms. The zero-order valence-electron chi connectivity index (χ0n) is 10.8. The Morgan fingerprint density at radius 3 is 2.58 bits per heavy atom. The maximum absolute atomic E-state index is 12.2. The van der Waals surface area contributed by atoms with E-state index in [1.54, 1.807) is 6.92 Å². The van der Waals surface area contributed by atoms with E-state index >= 15 is 0 Å². The lowest BCUT2D eigenvalue weighted by Gasteiger charge is -2.16. The molecule has 0 saturated heterocycles. The van der Waals surface area contributed by atoms with Gasteiger partial charge in [0.1, 0.15) is 0 Å². The van der Waals surface area contributed by atoms with Crippen LogP contribution in [0.4, 0.5) is 5.69 Å². The smallest absolute Gasteiger partial charge is 0.289 e. The molecule has 0 aromatic heterocycles. The van der Waals surface area contributed by atoms with Gasteiger partial charge in [0.25, 0.3) is 5.69 Å². The highest BCUT2D eigenvalue weighted by atomic mass is 32.2. The number of nitro groups is 1. The van der Waals surface area contributed by atoms with Gasteiger partial charge in [-0.3, -0.25) is 10.1 Å². The van der Waals surface area contributed by atoms with Crippen LogP contribution in [0, 0.1) is 17.0 Å². The van der Waals surface area contributed by atoms with Crippen LogP contribution in [0.5, 0.6) is 0 Å². The SMILES string of the molecule is CCC(CN)NS(=O)(=O)c1c(C)cccc1[N+](=O)[O-]. The molecule has 106 valence electrons. The summed E-state index contributed by atoms with van der Waals surface area (Å²) in [5, 5.41) is 10.9. The van der Waals surface area contributed by atoms with Crippen molar-refractivity contribution in [2.75, 3.05) is 6.54 Å². The number of nitro benzene ring substituents is 1. The topological polar surface area (TPSA) is 115 Å². The maximum Gasteiger partial charge on any atom is 0.289 e. The Hall–Kier alpha value is -1.51. The van der Waals surface area contributed by atoms with Crippen LogP contribution in [0.1, 0.15) is 18.9 Å². The molecule has 0 amide bonds. The van der Waals surface area contributed by atoms with Gasteiger partial charge >= 0.3 is 0 Å². The molecular formula is C11H17N3O4S. The number of nitrogens with zero attached hydrogens (tertiary/aromatic N) is 1. The predicted octanol–water partition coefficient (Wildman–Crippen LogP) is 0.919. The second-order valence-corrected chi connectivity index (χ2v) is 5.79. The van der Waals surface area contributed by atoms with E-state index in [9.17, 15) is 18.5 Å². The van der Waals surface area contributed by atoms with E-state index in [1.807, 2.05) is 0 Å². The summed E-state index contributed by atoms with van der Waals surface area (Å²) in [6.07, 6.45) is 0.509. The number of nitrogens with two attached hydrogens (primary N) is 1. The van der Waals surface area contributed by atoms with E-state index in [1.165, 1.54) is 25.1 Å². The normalized spacial score (nSPS) is 13.2. The minimum absolute atomic E-state index is 0.134. The first-order valence-electron chi connectivity index (χ1n) is 5.79. The van der Waals surface area contributed by atoms with Crippen LogP contribution in [0.2, 0.25) is 0 Å². The molecule has 0 aliphatic rings. The molecule has 1 aromatic rings. The van der Waals surface area contributed by atoms with Crippen molar-refractivity contribution in [1.29, 1.82) is 0 Å². The minimum Gasteiger partial charge on any atom is -0.329 e. The lowest BCUT2D eigenvalue weighted by atomic mass is 10.2. The van der Waals surface area contributed by atoms with E-state index in [0.717, 1.165) is 0 Å². The largest absolute Gasteiger partial charge is 0.329 e. The molecule has 1 rings (SSSR count). The van der Waals surface area contributed by atoms with Crippen LogP contribution in [-0.2, 0) is 10.0 Å². The Morgan fingerprint density at radius 1 is 1.47 bits per heavy atom. The van der Waals surface area contributed by atoms with Gasteiger partial charge in [-0.25, -0.2) is 13.1 Å². The molecule has 7 nitrogen and oxygen atoms in total. The molecule has 0 bridgehead atoms. The lowest BCUT2D eigenvalue weighted by molar-refractivity contribution is -0.387. The molecule has 0 aliphatic carbocycles. The molecule has 1 unspecified atom stereocenters. The maximum atomic E-state index is 12.2. The van der Waals surface area contributed by atoms with Gasteiger partial charge < -0.3 is 5.73 Å². The fraction of sp³-hybridized carbons (Fsp3) is 0.455. The monoisotopic (exact) mass is 287 g/mol. The van der Waals surface area contributed by atoms with E-state index in [-0.39, 0.29) is 11.4 Å². The van der Waals surface area contributed by atoms with Crippen LogP contribution >= 0.6 is 0 Å². The van der Waals surface area contributed by atoms with Crippen molar-refractivity contribution in [3.8, 4) is 0 Å². The summed E-state index contributed by atoms with van der Waals surface area (Å²) in [5.41, 5.74) is 5.34. The Bertz CT molecular complexity index is 567. The van der Waals surface area contributed by atoms with Gasteiger partial charge in [0, 0.05) is 18.7 Å². The van der Waals surface area contributed by atoms with Crippen LogP contribution in [0.25, 0.3) is 0 Å². The van der Waals surface area contributed by atoms with Crippen LogP contribution in [0.15, 0.2) is 23.1 Å². The summed E-state index contributed by atoms with van der Waals surface area (Å²) in [4.78, 5) is 9.93. The number of hydrogen-bond acceptors (Lipinski definition) is 5.